The highest BCUT2D eigenvalue weighted by molar-refractivity contribution is 7.98. The quantitative estimate of drug-likeness (QED) is 0.701. The molecule has 0 saturated heterocycles. The number of hydrogen-bond acceptors (Lipinski definition) is 3. The Morgan fingerprint density at radius 2 is 2.26 bits per heavy atom. The summed E-state index contributed by atoms with van der Waals surface area (Å²) in [6.45, 7) is 0.668. The van der Waals surface area contributed by atoms with E-state index in [9.17, 15) is 4.79 Å². The molecule has 1 aromatic heterocycles. The lowest BCUT2D eigenvalue weighted by molar-refractivity contribution is -0.122. The van der Waals surface area contributed by atoms with Crippen LogP contribution in [0.1, 0.15) is 5.56 Å². The maximum atomic E-state index is 11.8. The highest BCUT2D eigenvalue weighted by atomic mass is 32.2. The second-order valence-electron chi connectivity index (χ2n) is 4.45. The molecule has 0 spiro atoms. The summed E-state index contributed by atoms with van der Waals surface area (Å²) in [5.41, 5.74) is 8.11. The molecule has 2 aromatic rings. The van der Waals surface area contributed by atoms with Gasteiger partial charge in [-0.05, 0) is 24.3 Å². The van der Waals surface area contributed by atoms with Crippen LogP contribution in [0.25, 0.3) is 10.9 Å². The van der Waals surface area contributed by atoms with Crippen molar-refractivity contribution in [1.82, 2.24) is 10.3 Å². The lowest BCUT2D eigenvalue weighted by Gasteiger charge is -2.11. The largest absolute Gasteiger partial charge is 0.361 e. The van der Waals surface area contributed by atoms with Gasteiger partial charge >= 0.3 is 0 Å². The van der Waals surface area contributed by atoms with Gasteiger partial charge in [-0.2, -0.15) is 11.8 Å². The number of nitrogens with two attached hydrogens (primary N) is 1. The number of aromatic amines is 1. The molecule has 0 aliphatic rings. The van der Waals surface area contributed by atoms with E-state index in [1.807, 2.05) is 36.7 Å². The molecule has 4 N–H and O–H groups in total. The molecule has 2 rings (SSSR count). The number of rotatable bonds is 6. The van der Waals surface area contributed by atoms with Crippen LogP contribution in [-0.4, -0.2) is 35.5 Å². The van der Waals surface area contributed by atoms with Crippen LogP contribution >= 0.6 is 11.8 Å². The normalized spacial score (nSPS) is 12.5. The zero-order valence-corrected chi connectivity index (χ0v) is 11.8. The number of fused-ring (bicyclic) bond motifs is 1. The van der Waals surface area contributed by atoms with E-state index in [-0.39, 0.29) is 5.91 Å². The second kappa shape index (κ2) is 6.63. The molecule has 0 fully saturated rings. The molecule has 0 aliphatic carbocycles. The standard InChI is InChI=1S/C14H19N3OS/c1-19-7-6-16-14(18)12(15)8-10-9-17-13-5-3-2-4-11(10)13/h2-5,9,12,17H,6-8,15H2,1H3,(H,16,18)/t12-/m0/s1. The van der Waals surface area contributed by atoms with Crippen molar-refractivity contribution in [2.75, 3.05) is 18.6 Å². The maximum Gasteiger partial charge on any atom is 0.237 e. The van der Waals surface area contributed by atoms with Crippen molar-refractivity contribution in [3.63, 3.8) is 0 Å². The van der Waals surface area contributed by atoms with Gasteiger partial charge in [0.15, 0.2) is 0 Å². The van der Waals surface area contributed by atoms with Crippen molar-refractivity contribution in [2.24, 2.45) is 5.73 Å². The van der Waals surface area contributed by atoms with Crippen LogP contribution < -0.4 is 11.1 Å². The summed E-state index contributed by atoms with van der Waals surface area (Å²) in [7, 11) is 0. The van der Waals surface area contributed by atoms with Gasteiger partial charge in [0.05, 0.1) is 6.04 Å². The second-order valence-corrected chi connectivity index (χ2v) is 5.44. The number of hydrogen-bond donors (Lipinski definition) is 3. The number of carbonyl (C=O) groups excluding carboxylic acids is 1. The molecule has 0 bridgehead atoms. The third kappa shape index (κ3) is 3.52. The average Bonchev–Trinajstić information content (AvgIpc) is 2.82. The highest BCUT2D eigenvalue weighted by Gasteiger charge is 2.15. The van der Waals surface area contributed by atoms with Crippen molar-refractivity contribution >= 4 is 28.6 Å². The lowest BCUT2D eigenvalue weighted by Crippen LogP contribution is -2.42. The minimum atomic E-state index is -0.499. The van der Waals surface area contributed by atoms with Crippen molar-refractivity contribution in [3.05, 3.63) is 36.0 Å². The summed E-state index contributed by atoms with van der Waals surface area (Å²) < 4.78 is 0. The van der Waals surface area contributed by atoms with Crippen molar-refractivity contribution in [3.8, 4) is 0 Å². The van der Waals surface area contributed by atoms with E-state index in [2.05, 4.69) is 10.3 Å². The van der Waals surface area contributed by atoms with Crippen LogP contribution in [0.15, 0.2) is 30.5 Å². The smallest absolute Gasteiger partial charge is 0.237 e. The van der Waals surface area contributed by atoms with E-state index in [1.54, 1.807) is 11.8 Å². The Morgan fingerprint density at radius 3 is 3.05 bits per heavy atom. The predicted octanol–water partition coefficient (Wildman–Crippen LogP) is 1.52. The molecular formula is C14H19N3OS. The van der Waals surface area contributed by atoms with Gasteiger partial charge in [0.25, 0.3) is 0 Å². The van der Waals surface area contributed by atoms with Gasteiger partial charge in [-0.25, -0.2) is 0 Å². The molecule has 5 heteroatoms. The fourth-order valence-corrected chi connectivity index (χ4v) is 2.34. The Morgan fingerprint density at radius 1 is 1.47 bits per heavy atom. The summed E-state index contributed by atoms with van der Waals surface area (Å²) in [6, 6.07) is 7.53. The highest BCUT2D eigenvalue weighted by Crippen LogP contribution is 2.18. The van der Waals surface area contributed by atoms with Crippen molar-refractivity contribution in [1.29, 1.82) is 0 Å². The Bertz CT molecular complexity index is 552. The number of carbonyl (C=O) groups is 1. The van der Waals surface area contributed by atoms with Crippen LogP contribution in [0, 0.1) is 0 Å². The molecule has 102 valence electrons. The van der Waals surface area contributed by atoms with E-state index in [0.717, 1.165) is 22.2 Å². The zero-order chi connectivity index (χ0) is 13.7. The van der Waals surface area contributed by atoms with Gasteiger partial charge in [0.2, 0.25) is 5.91 Å². The molecule has 0 aliphatic heterocycles. The Balaban J connectivity index is 1.98. The third-order valence-electron chi connectivity index (χ3n) is 3.06. The van der Waals surface area contributed by atoms with E-state index < -0.39 is 6.04 Å². The monoisotopic (exact) mass is 277 g/mol. The van der Waals surface area contributed by atoms with Crippen LogP contribution in [-0.2, 0) is 11.2 Å². The predicted molar refractivity (Wildman–Crippen MR) is 81.4 cm³/mol. The number of benzene rings is 1. The topological polar surface area (TPSA) is 70.9 Å². The fraction of sp³-hybridized carbons (Fsp3) is 0.357. The van der Waals surface area contributed by atoms with E-state index in [1.165, 1.54) is 0 Å². The van der Waals surface area contributed by atoms with Gasteiger partial charge in [-0.3, -0.25) is 4.79 Å². The zero-order valence-electron chi connectivity index (χ0n) is 11.0. The molecule has 19 heavy (non-hydrogen) atoms. The molecule has 1 aromatic carbocycles. The summed E-state index contributed by atoms with van der Waals surface area (Å²) in [4.78, 5) is 15.0. The SMILES string of the molecule is CSCCNC(=O)[C@@H](N)Cc1c[nH]c2ccccc12. The average molecular weight is 277 g/mol. The van der Waals surface area contributed by atoms with Gasteiger partial charge in [0, 0.05) is 29.4 Å². The summed E-state index contributed by atoms with van der Waals surface area (Å²) in [6.07, 6.45) is 4.49. The lowest BCUT2D eigenvalue weighted by atomic mass is 10.1. The van der Waals surface area contributed by atoms with Gasteiger partial charge in [-0.1, -0.05) is 18.2 Å². The first-order valence-electron chi connectivity index (χ1n) is 6.29. The van der Waals surface area contributed by atoms with Crippen molar-refractivity contribution < 1.29 is 4.79 Å². The first-order chi connectivity index (χ1) is 9.22. The third-order valence-corrected chi connectivity index (χ3v) is 3.67. The number of amides is 1. The first kappa shape index (κ1) is 14.0. The minimum Gasteiger partial charge on any atom is -0.361 e. The summed E-state index contributed by atoms with van der Waals surface area (Å²) in [5, 5.41) is 3.98. The van der Waals surface area contributed by atoms with E-state index >= 15 is 0 Å². The molecular weight excluding hydrogens is 258 g/mol. The van der Waals surface area contributed by atoms with Crippen LogP contribution in [0.5, 0.6) is 0 Å². The molecule has 1 amide bonds. The van der Waals surface area contributed by atoms with Crippen molar-refractivity contribution in [2.45, 2.75) is 12.5 Å². The molecule has 1 atom stereocenters. The molecule has 0 saturated carbocycles. The number of thioether (sulfide) groups is 1. The Hall–Kier alpha value is -1.46. The number of H-pyrrole nitrogens is 1. The maximum absolute atomic E-state index is 11.8. The first-order valence-corrected chi connectivity index (χ1v) is 7.69. The van der Waals surface area contributed by atoms with Gasteiger partial charge in [0.1, 0.15) is 0 Å². The van der Waals surface area contributed by atoms with Gasteiger partial charge in [-0.15, -0.1) is 0 Å². The number of aromatic nitrogens is 1. The van der Waals surface area contributed by atoms with E-state index in [4.69, 9.17) is 5.73 Å². The van der Waals surface area contributed by atoms with Crippen LogP contribution in [0.2, 0.25) is 0 Å². The van der Waals surface area contributed by atoms with E-state index in [0.29, 0.717) is 13.0 Å². The van der Waals surface area contributed by atoms with Crippen LogP contribution in [0.3, 0.4) is 0 Å². The summed E-state index contributed by atoms with van der Waals surface area (Å²) in [5.74, 6) is 0.824. The number of para-hydroxylation sites is 1. The summed E-state index contributed by atoms with van der Waals surface area (Å²) >= 11 is 1.70. The fourth-order valence-electron chi connectivity index (χ4n) is 2.04. The molecule has 0 unspecified atom stereocenters. The molecule has 0 radical (unpaired) electrons. The molecule has 1 heterocycles. The molecule has 4 nitrogen and oxygen atoms in total. The van der Waals surface area contributed by atoms with Crippen LogP contribution in [0.4, 0.5) is 0 Å². The van der Waals surface area contributed by atoms with Gasteiger partial charge < -0.3 is 16.0 Å². The Labute approximate surface area is 117 Å². The minimum absolute atomic E-state index is 0.0840. The number of nitrogens with one attached hydrogen (secondary N) is 2. The Kier molecular flexibility index (Phi) is 4.87.